The molecule has 7 heteroatoms. The van der Waals surface area contributed by atoms with Crippen molar-refractivity contribution in [3.8, 4) is 0 Å². The van der Waals surface area contributed by atoms with Crippen LogP contribution in [0, 0.1) is 11.3 Å². The minimum atomic E-state index is 0.156. The molecule has 1 fully saturated rings. The maximum Gasteiger partial charge on any atom is 0.127 e. The molecule has 0 atom stereocenters. The monoisotopic (exact) mass is 1050 g/mol. The predicted molar refractivity (Wildman–Crippen MR) is 330 cm³/mol. The molecule has 0 saturated heterocycles. The Labute approximate surface area is 471 Å². The Balaban J connectivity index is 0.000000440. The standard InChI is InChI=1S/C10H20.C10H14.3C9H13N.2C8H12O.C7H11NO/c2*1-10(2,3)9-7-5-4-6-8-9;1-9(2,3)8-4-6-10-7-5-8;1-9(2,3)8-5-4-6-10-7-8;1-9(2,3)8-6-4-5-7-10-8;1-8(2,3)7-4-5-9-6-7;1-8(2,3)7-5-4-6-9-7;1-7(2,3)6-4-8-9-5-6/h9H,4-8H2,1-3H3;4-8H,1-3H3;3*4-7H,1-3H3;2*4-6H,1-3H3;4-5H,1-3H3. The van der Waals surface area contributed by atoms with Gasteiger partial charge in [0.15, 0.2) is 0 Å². The van der Waals surface area contributed by atoms with Gasteiger partial charge in [-0.25, -0.2) is 0 Å². The molecule has 1 aliphatic rings. The van der Waals surface area contributed by atoms with Crippen molar-refractivity contribution in [1.82, 2.24) is 20.1 Å². The summed E-state index contributed by atoms with van der Waals surface area (Å²) in [4.78, 5) is 12.3. The van der Waals surface area contributed by atoms with Crippen LogP contribution in [0.1, 0.15) is 238 Å². The Morgan fingerprint density at radius 1 is 0.377 bits per heavy atom. The average molecular weight is 1050 g/mol. The van der Waals surface area contributed by atoms with E-state index in [2.05, 4.69) is 241 Å². The summed E-state index contributed by atoms with van der Waals surface area (Å²) in [6.45, 7) is 52.7. The molecule has 426 valence electrons. The molecule has 1 aliphatic carbocycles. The predicted octanol–water partition coefficient (Wildman–Crippen LogP) is 20.9. The van der Waals surface area contributed by atoms with E-state index in [1.54, 1.807) is 37.4 Å². The summed E-state index contributed by atoms with van der Waals surface area (Å²) in [5.74, 6) is 2.05. The Hall–Kier alpha value is -5.56. The molecule has 0 bridgehead atoms. The van der Waals surface area contributed by atoms with E-state index in [0.29, 0.717) is 10.8 Å². The van der Waals surface area contributed by atoms with Crippen LogP contribution in [0.2, 0.25) is 0 Å². The zero-order valence-corrected chi connectivity index (χ0v) is 53.1. The quantitative estimate of drug-likeness (QED) is 0.149. The fraction of sp³-hybridized carbons (Fsp3) is 0.543. The highest BCUT2D eigenvalue weighted by Gasteiger charge is 2.25. The molecule has 77 heavy (non-hydrogen) atoms. The van der Waals surface area contributed by atoms with Crippen molar-refractivity contribution in [3.63, 3.8) is 0 Å². The molecule has 0 unspecified atom stereocenters. The highest BCUT2D eigenvalue weighted by molar-refractivity contribution is 5.23. The van der Waals surface area contributed by atoms with Crippen LogP contribution in [-0.4, -0.2) is 20.1 Å². The van der Waals surface area contributed by atoms with E-state index >= 15 is 0 Å². The molecule has 0 spiro atoms. The van der Waals surface area contributed by atoms with E-state index < -0.39 is 0 Å². The van der Waals surface area contributed by atoms with Crippen molar-refractivity contribution in [2.24, 2.45) is 11.3 Å². The summed E-state index contributed by atoms with van der Waals surface area (Å²) in [6.07, 6.45) is 25.2. The Morgan fingerprint density at radius 3 is 1.17 bits per heavy atom. The number of nitrogens with zero attached hydrogens (tertiary/aromatic N) is 4. The largest absolute Gasteiger partial charge is 0.472 e. The number of rotatable bonds is 0. The van der Waals surface area contributed by atoms with E-state index in [1.807, 2.05) is 61.2 Å². The lowest BCUT2D eigenvalue weighted by Crippen LogP contribution is -2.22. The molecular formula is C70H108N4O3. The fourth-order valence-electron chi connectivity index (χ4n) is 7.34. The topological polar surface area (TPSA) is 91.0 Å². The first kappa shape index (κ1) is 69.5. The molecule has 8 rings (SSSR count). The lowest BCUT2D eigenvalue weighted by molar-refractivity contribution is 0.180. The van der Waals surface area contributed by atoms with Crippen molar-refractivity contribution in [1.29, 1.82) is 0 Å². The first-order valence-electron chi connectivity index (χ1n) is 28.1. The first-order chi connectivity index (χ1) is 35.3. The van der Waals surface area contributed by atoms with Crippen LogP contribution >= 0.6 is 0 Å². The summed E-state index contributed by atoms with van der Waals surface area (Å²) < 4.78 is 14.8. The average Bonchev–Trinajstić information content (AvgIpc) is 4.19. The van der Waals surface area contributed by atoms with Crippen LogP contribution in [0.5, 0.6) is 0 Å². The summed E-state index contributed by atoms with van der Waals surface area (Å²) in [6, 6.07) is 30.7. The maximum atomic E-state index is 5.20. The van der Waals surface area contributed by atoms with Gasteiger partial charge < -0.3 is 13.4 Å². The Bertz CT molecular complexity index is 2150. The van der Waals surface area contributed by atoms with Gasteiger partial charge in [-0.3, -0.25) is 15.0 Å². The van der Waals surface area contributed by atoms with Crippen molar-refractivity contribution >= 4 is 0 Å². The third-order valence-electron chi connectivity index (χ3n) is 12.9. The molecule has 0 N–H and O–H groups in total. The lowest BCUT2D eigenvalue weighted by Gasteiger charge is -2.33. The van der Waals surface area contributed by atoms with Crippen LogP contribution in [-0.2, 0) is 37.9 Å². The van der Waals surface area contributed by atoms with Crippen LogP contribution < -0.4 is 0 Å². The maximum absolute atomic E-state index is 5.20. The number of hydrogen-bond donors (Lipinski definition) is 0. The third-order valence-corrected chi connectivity index (χ3v) is 12.9. The van der Waals surface area contributed by atoms with Crippen LogP contribution in [0.25, 0.3) is 0 Å². The van der Waals surface area contributed by atoms with Crippen molar-refractivity contribution in [2.75, 3.05) is 0 Å². The highest BCUT2D eigenvalue weighted by atomic mass is 16.5. The molecule has 6 heterocycles. The molecule has 0 radical (unpaired) electrons. The van der Waals surface area contributed by atoms with E-state index in [9.17, 15) is 0 Å². The van der Waals surface area contributed by atoms with Crippen LogP contribution in [0.15, 0.2) is 167 Å². The molecule has 1 saturated carbocycles. The van der Waals surface area contributed by atoms with E-state index in [-0.39, 0.29) is 32.5 Å². The zero-order chi connectivity index (χ0) is 58.8. The zero-order valence-electron chi connectivity index (χ0n) is 53.1. The number of pyridine rings is 3. The second kappa shape index (κ2) is 31.7. The van der Waals surface area contributed by atoms with Gasteiger partial charge in [0.05, 0.1) is 25.0 Å². The molecule has 7 nitrogen and oxygen atoms in total. The van der Waals surface area contributed by atoms with Gasteiger partial charge in [-0.05, 0) is 122 Å². The fourth-order valence-corrected chi connectivity index (χ4v) is 7.34. The smallest absolute Gasteiger partial charge is 0.127 e. The summed E-state index contributed by atoms with van der Waals surface area (Å²) in [5.41, 5.74) is 9.64. The highest BCUT2D eigenvalue weighted by Crippen LogP contribution is 2.37. The molecule has 7 aromatic rings. The lowest BCUT2D eigenvalue weighted by atomic mass is 9.72. The van der Waals surface area contributed by atoms with Gasteiger partial charge >= 0.3 is 0 Å². The van der Waals surface area contributed by atoms with Crippen molar-refractivity contribution in [3.05, 3.63) is 193 Å². The van der Waals surface area contributed by atoms with E-state index in [4.69, 9.17) is 13.4 Å². The normalized spacial score (nSPS) is 13.1. The van der Waals surface area contributed by atoms with Gasteiger partial charge in [-0.2, -0.15) is 0 Å². The van der Waals surface area contributed by atoms with Gasteiger partial charge in [0.1, 0.15) is 12.0 Å². The molecular weight excluding hydrogens is 945 g/mol. The summed E-state index contributed by atoms with van der Waals surface area (Å²) in [5, 5.41) is 3.61. The SMILES string of the molecule is CC(C)(C)C1CCCCC1.CC(C)(C)c1ccccc1.CC(C)(C)c1ccccn1.CC(C)(C)c1cccnc1.CC(C)(C)c1ccco1.CC(C)(C)c1ccncc1.CC(C)(C)c1ccoc1.CC(C)(C)c1cnoc1. The minimum absolute atomic E-state index is 0.156. The number of benzene rings is 1. The van der Waals surface area contributed by atoms with Gasteiger partial charge in [0.25, 0.3) is 0 Å². The van der Waals surface area contributed by atoms with Crippen molar-refractivity contribution < 1.29 is 13.4 Å². The summed E-state index contributed by atoms with van der Waals surface area (Å²) >= 11 is 0. The Morgan fingerprint density at radius 2 is 0.896 bits per heavy atom. The molecule has 0 aliphatic heterocycles. The van der Waals surface area contributed by atoms with Crippen LogP contribution in [0.4, 0.5) is 0 Å². The number of aromatic nitrogens is 4. The number of hydrogen-bond acceptors (Lipinski definition) is 7. The van der Waals surface area contributed by atoms with Gasteiger partial charge in [-0.1, -0.05) is 233 Å². The van der Waals surface area contributed by atoms with E-state index in [0.717, 1.165) is 22.9 Å². The van der Waals surface area contributed by atoms with Gasteiger partial charge in [0.2, 0.25) is 0 Å². The minimum Gasteiger partial charge on any atom is -0.472 e. The third kappa shape index (κ3) is 30.8. The number of furan rings is 2. The second-order valence-electron chi connectivity index (χ2n) is 28.4. The molecule has 1 aromatic carbocycles. The molecule has 6 aromatic heterocycles. The molecule has 0 amide bonds. The Kier molecular flexibility index (Phi) is 28.6. The second-order valence-corrected chi connectivity index (χ2v) is 28.4. The van der Waals surface area contributed by atoms with Crippen molar-refractivity contribution in [2.45, 2.75) is 236 Å². The van der Waals surface area contributed by atoms with Gasteiger partial charge in [-0.15, -0.1) is 0 Å². The summed E-state index contributed by atoms with van der Waals surface area (Å²) in [7, 11) is 0. The van der Waals surface area contributed by atoms with E-state index in [1.165, 1.54) is 54.4 Å². The first-order valence-corrected chi connectivity index (χ1v) is 28.1. The van der Waals surface area contributed by atoms with Gasteiger partial charge in [0, 0.05) is 53.1 Å². The van der Waals surface area contributed by atoms with Crippen LogP contribution in [0.3, 0.4) is 0 Å².